The molecule has 1 rings (SSSR count). The van der Waals surface area contributed by atoms with Gasteiger partial charge >= 0.3 is 10.4 Å². The molecule has 0 aromatic heterocycles. The lowest BCUT2D eigenvalue weighted by Crippen LogP contribution is -2.16. The van der Waals surface area contributed by atoms with Gasteiger partial charge in [-0.1, -0.05) is 6.58 Å². The molecule has 0 aromatic carbocycles. The predicted octanol–water partition coefficient (Wildman–Crippen LogP) is 0.153. The van der Waals surface area contributed by atoms with Gasteiger partial charge in [0.15, 0.2) is 0 Å². The van der Waals surface area contributed by atoms with Gasteiger partial charge in [-0.15, -0.1) is 0 Å². The number of rotatable bonds is 1. The highest BCUT2D eigenvalue weighted by Crippen LogP contribution is 2.01. The molecule has 0 fully saturated rings. The minimum Gasteiger partial charge on any atom is -0.361 e. The Hall–Kier alpha value is -1.05. The van der Waals surface area contributed by atoms with E-state index in [9.17, 15) is 0 Å². The second-order valence-corrected chi connectivity index (χ2v) is 3.24. The summed E-state index contributed by atoms with van der Waals surface area (Å²) in [5.41, 5.74) is 0. The van der Waals surface area contributed by atoms with Crippen LogP contribution < -0.4 is 0 Å². The second kappa shape index (κ2) is 4.85. The van der Waals surface area contributed by atoms with Crippen LogP contribution in [0.1, 0.15) is 0 Å². The first-order valence-electron chi connectivity index (χ1n) is 3.29. The summed E-state index contributed by atoms with van der Waals surface area (Å²) in [5.74, 6) is 0. The van der Waals surface area contributed by atoms with Crippen molar-refractivity contribution < 1.29 is 17.5 Å². The predicted molar refractivity (Wildman–Crippen MR) is 48.0 cm³/mol. The maximum absolute atomic E-state index is 8.74. The minimum absolute atomic E-state index is 0.934. The van der Waals surface area contributed by atoms with Gasteiger partial charge in [0.2, 0.25) is 0 Å². The molecule has 0 aliphatic carbocycles. The van der Waals surface area contributed by atoms with Gasteiger partial charge in [-0.2, -0.15) is 8.42 Å². The van der Waals surface area contributed by atoms with Crippen molar-refractivity contribution in [2.24, 2.45) is 0 Å². The zero-order valence-corrected chi connectivity index (χ0v) is 7.98. The molecule has 2 N–H and O–H groups in total. The van der Waals surface area contributed by atoms with Crippen LogP contribution in [0.5, 0.6) is 0 Å². The molecule has 0 spiro atoms. The van der Waals surface area contributed by atoms with Gasteiger partial charge in [0.05, 0.1) is 6.67 Å². The van der Waals surface area contributed by atoms with Crippen molar-refractivity contribution in [1.82, 2.24) is 9.80 Å². The lowest BCUT2D eigenvalue weighted by molar-refractivity contribution is 0.364. The highest BCUT2D eigenvalue weighted by molar-refractivity contribution is 7.79. The van der Waals surface area contributed by atoms with Crippen molar-refractivity contribution in [3.8, 4) is 0 Å². The van der Waals surface area contributed by atoms with Crippen molar-refractivity contribution in [2.45, 2.75) is 0 Å². The van der Waals surface area contributed by atoms with Crippen LogP contribution in [0.3, 0.4) is 0 Å². The summed E-state index contributed by atoms with van der Waals surface area (Å²) in [4.78, 5) is 4.10. The molecule has 0 atom stereocenters. The first kappa shape index (κ1) is 11.9. The third-order valence-electron chi connectivity index (χ3n) is 1.13. The van der Waals surface area contributed by atoms with Gasteiger partial charge in [-0.05, 0) is 6.20 Å². The van der Waals surface area contributed by atoms with E-state index in [1.165, 1.54) is 0 Å². The molecule has 0 saturated heterocycles. The fourth-order valence-electron chi connectivity index (χ4n) is 0.670. The standard InChI is InChI=1S/C6H10N2.H2O4S/c1-3-8-5-4-7(2)6-8;1-5(2,3)4/h3-5H,1,6H2,2H3;(H2,1,2,3,4). The van der Waals surface area contributed by atoms with E-state index in [1.807, 2.05) is 24.3 Å². The average molecular weight is 208 g/mol. The van der Waals surface area contributed by atoms with Crippen LogP contribution in [0.4, 0.5) is 0 Å². The molecule has 0 aromatic rings. The van der Waals surface area contributed by atoms with Crippen molar-refractivity contribution in [1.29, 1.82) is 0 Å². The molecule has 1 heterocycles. The molecule has 0 amide bonds. The van der Waals surface area contributed by atoms with Crippen LogP contribution in [-0.4, -0.2) is 41.0 Å². The summed E-state index contributed by atoms with van der Waals surface area (Å²) >= 11 is 0. The molecule has 0 saturated carbocycles. The molecule has 6 nitrogen and oxygen atoms in total. The summed E-state index contributed by atoms with van der Waals surface area (Å²) < 4.78 is 31.6. The fourth-order valence-corrected chi connectivity index (χ4v) is 0.670. The maximum atomic E-state index is 8.74. The van der Waals surface area contributed by atoms with Crippen LogP contribution in [-0.2, 0) is 10.4 Å². The van der Waals surface area contributed by atoms with Gasteiger partial charge < -0.3 is 9.80 Å². The van der Waals surface area contributed by atoms with Crippen LogP contribution in [0.15, 0.2) is 25.2 Å². The Morgan fingerprint density at radius 3 is 2.08 bits per heavy atom. The first-order chi connectivity index (χ1) is 5.83. The Morgan fingerprint density at radius 1 is 1.46 bits per heavy atom. The van der Waals surface area contributed by atoms with Gasteiger partial charge in [-0.3, -0.25) is 9.11 Å². The fraction of sp³-hybridized carbons (Fsp3) is 0.333. The minimum atomic E-state index is -4.67. The number of nitrogens with zero attached hydrogens (tertiary/aromatic N) is 2. The molecule has 13 heavy (non-hydrogen) atoms. The van der Waals surface area contributed by atoms with Crippen molar-refractivity contribution >= 4 is 10.4 Å². The van der Waals surface area contributed by atoms with E-state index in [2.05, 4.69) is 11.5 Å². The normalized spacial score (nSPS) is 15.3. The van der Waals surface area contributed by atoms with E-state index in [-0.39, 0.29) is 0 Å². The van der Waals surface area contributed by atoms with E-state index in [4.69, 9.17) is 17.5 Å². The summed E-state index contributed by atoms with van der Waals surface area (Å²) in [6.45, 7) is 4.56. The Kier molecular flexibility index (Phi) is 4.46. The smallest absolute Gasteiger partial charge is 0.361 e. The molecular formula is C6H12N2O4S. The molecule has 76 valence electrons. The lowest BCUT2D eigenvalue weighted by Gasteiger charge is -2.11. The van der Waals surface area contributed by atoms with Crippen LogP contribution in [0.25, 0.3) is 0 Å². The summed E-state index contributed by atoms with van der Waals surface area (Å²) in [6.07, 6.45) is 5.81. The Balaban J connectivity index is 0.000000252. The third-order valence-corrected chi connectivity index (χ3v) is 1.13. The zero-order valence-electron chi connectivity index (χ0n) is 7.16. The van der Waals surface area contributed by atoms with Crippen LogP contribution >= 0.6 is 0 Å². The third kappa shape index (κ3) is 8.86. The van der Waals surface area contributed by atoms with Crippen molar-refractivity contribution in [2.75, 3.05) is 13.7 Å². The van der Waals surface area contributed by atoms with E-state index < -0.39 is 10.4 Å². The monoisotopic (exact) mass is 208 g/mol. The molecule has 7 heteroatoms. The Morgan fingerprint density at radius 2 is 1.92 bits per heavy atom. The van der Waals surface area contributed by atoms with Gasteiger partial charge in [0.25, 0.3) is 0 Å². The molecular weight excluding hydrogens is 196 g/mol. The van der Waals surface area contributed by atoms with Crippen molar-refractivity contribution in [3.63, 3.8) is 0 Å². The topological polar surface area (TPSA) is 81.1 Å². The molecule has 0 unspecified atom stereocenters. The van der Waals surface area contributed by atoms with E-state index in [0.717, 1.165) is 6.67 Å². The summed E-state index contributed by atoms with van der Waals surface area (Å²) in [6, 6.07) is 0. The SMILES string of the molecule is C=CN1C=CN(C)C1.O=S(=O)(O)O. The number of hydrogen-bond donors (Lipinski definition) is 2. The van der Waals surface area contributed by atoms with E-state index >= 15 is 0 Å². The van der Waals surface area contributed by atoms with E-state index in [0.29, 0.717) is 0 Å². The highest BCUT2D eigenvalue weighted by atomic mass is 32.3. The first-order valence-corrected chi connectivity index (χ1v) is 4.69. The molecule has 0 bridgehead atoms. The number of hydrogen-bond acceptors (Lipinski definition) is 4. The van der Waals surface area contributed by atoms with E-state index in [1.54, 1.807) is 6.20 Å². The zero-order chi connectivity index (χ0) is 10.5. The van der Waals surface area contributed by atoms with Gasteiger partial charge in [0.1, 0.15) is 0 Å². The Labute approximate surface area is 77.3 Å². The molecule has 1 aliphatic rings. The highest BCUT2D eigenvalue weighted by Gasteiger charge is 2.01. The molecule has 0 radical (unpaired) electrons. The second-order valence-electron chi connectivity index (χ2n) is 2.34. The van der Waals surface area contributed by atoms with Crippen molar-refractivity contribution in [3.05, 3.63) is 25.2 Å². The summed E-state index contributed by atoms with van der Waals surface area (Å²) in [5, 5.41) is 0. The van der Waals surface area contributed by atoms with Crippen LogP contribution in [0, 0.1) is 0 Å². The quantitative estimate of drug-likeness (QED) is 0.597. The van der Waals surface area contributed by atoms with Gasteiger partial charge in [-0.25, -0.2) is 0 Å². The molecule has 1 aliphatic heterocycles. The van der Waals surface area contributed by atoms with Crippen LogP contribution in [0.2, 0.25) is 0 Å². The Bertz CT molecular complexity index is 277. The maximum Gasteiger partial charge on any atom is 0.394 e. The lowest BCUT2D eigenvalue weighted by atomic mass is 10.8. The van der Waals surface area contributed by atoms with Gasteiger partial charge in [0, 0.05) is 19.4 Å². The largest absolute Gasteiger partial charge is 0.394 e. The summed E-state index contributed by atoms with van der Waals surface area (Å²) in [7, 11) is -2.64. The average Bonchev–Trinajstić information content (AvgIpc) is 2.31.